The minimum Gasteiger partial charge on any atom is -0.383 e. The standard InChI is InChI=1S/C22H20F3N5O/c1-13(2)28-17-8-7-16-10-27-30(19(16)9-17)20-12-26-11-18(29-20)14-3-5-15(6-4-14)21(31)22(23,24)25/h3-13,21,28,31H,1-2H3. The first kappa shape index (κ1) is 20.8. The van der Waals surface area contributed by atoms with Crippen LogP contribution >= 0.6 is 0 Å². The SMILES string of the molecule is CC(C)Nc1ccc2cnn(-c3cncc(-c4ccc(C(O)C(F)(F)F)cc4)n3)c2c1. The van der Waals surface area contributed by atoms with Gasteiger partial charge in [0.05, 0.1) is 29.8 Å². The van der Waals surface area contributed by atoms with Crippen molar-refractivity contribution in [1.29, 1.82) is 0 Å². The normalized spacial score (nSPS) is 13.0. The van der Waals surface area contributed by atoms with Crippen LogP contribution in [0.4, 0.5) is 18.9 Å². The van der Waals surface area contributed by atoms with Crippen LogP contribution in [0, 0.1) is 0 Å². The number of anilines is 1. The highest BCUT2D eigenvalue weighted by atomic mass is 19.4. The zero-order valence-corrected chi connectivity index (χ0v) is 16.8. The highest BCUT2D eigenvalue weighted by Gasteiger charge is 2.39. The first-order valence-electron chi connectivity index (χ1n) is 9.64. The number of benzene rings is 2. The molecule has 1 atom stereocenters. The molecule has 2 heterocycles. The van der Waals surface area contributed by atoms with Gasteiger partial charge in [-0.2, -0.15) is 18.3 Å². The van der Waals surface area contributed by atoms with Crippen molar-refractivity contribution < 1.29 is 18.3 Å². The Morgan fingerprint density at radius 3 is 2.42 bits per heavy atom. The summed E-state index contributed by atoms with van der Waals surface area (Å²) in [5.74, 6) is 0.480. The number of nitrogens with zero attached hydrogens (tertiary/aromatic N) is 4. The Hall–Kier alpha value is -3.46. The van der Waals surface area contributed by atoms with Crippen LogP contribution in [-0.4, -0.2) is 37.1 Å². The van der Waals surface area contributed by atoms with Crippen LogP contribution in [0.3, 0.4) is 0 Å². The van der Waals surface area contributed by atoms with E-state index in [1.807, 2.05) is 18.2 Å². The number of aliphatic hydroxyl groups is 1. The van der Waals surface area contributed by atoms with Crippen LogP contribution in [0.5, 0.6) is 0 Å². The predicted molar refractivity (Wildman–Crippen MR) is 112 cm³/mol. The average Bonchev–Trinajstić information content (AvgIpc) is 3.15. The van der Waals surface area contributed by atoms with Crippen molar-refractivity contribution in [2.45, 2.75) is 32.2 Å². The molecule has 31 heavy (non-hydrogen) atoms. The molecular weight excluding hydrogens is 407 g/mol. The van der Waals surface area contributed by atoms with Crippen molar-refractivity contribution >= 4 is 16.6 Å². The lowest BCUT2D eigenvalue weighted by molar-refractivity contribution is -0.206. The van der Waals surface area contributed by atoms with E-state index < -0.39 is 12.3 Å². The third kappa shape index (κ3) is 4.36. The summed E-state index contributed by atoms with van der Waals surface area (Å²) in [4.78, 5) is 8.81. The van der Waals surface area contributed by atoms with Gasteiger partial charge in [-0.05, 0) is 37.6 Å². The molecule has 2 aromatic heterocycles. The highest BCUT2D eigenvalue weighted by molar-refractivity contribution is 5.83. The van der Waals surface area contributed by atoms with Gasteiger partial charge in [0.25, 0.3) is 0 Å². The second kappa shape index (κ2) is 7.99. The monoisotopic (exact) mass is 427 g/mol. The molecule has 9 heteroatoms. The van der Waals surface area contributed by atoms with Gasteiger partial charge in [-0.1, -0.05) is 24.3 Å². The third-order valence-corrected chi connectivity index (χ3v) is 4.70. The summed E-state index contributed by atoms with van der Waals surface area (Å²) in [5, 5.41) is 18.1. The summed E-state index contributed by atoms with van der Waals surface area (Å²) in [7, 11) is 0. The first-order valence-corrected chi connectivity index (χ1v) is 9.64. The summed E-state index contributed by atoms with van der Waals surface area (Å²) in [6.07, 6.45) is -2.42. The lowest BCUT2D eigenvalue weighted by Crippen LogP contribution is -2.20. The molecule has 4 aromatic rings. The summed E-state index contributed by atoms with van der Waals surface area (Å²) in [5.41, 5.74) is 2.62. The molecule has 2 aromatic carbocycles. The van der Waals surface area contributed by atoms with Crippen molar-refractivity contribution in [3.05, 3.63) is 66.6 Å². The van der Waals surface area contributed by atoms with Crippen molar-refractivity contribution in [3.63, 3.8) is 0 Å². The number of halogens is 3. The van der Waals surface area contributed by atoms with E-state index in [4.69, 9.17) is 0 Å². The maximum Gasteiger partial charge on any atom is 0.418 e. The van der Waals surface area contributed by atoms with Gasteiger partial charge >= 0.3 is 6.18 Å². The molecule has 0 aliphatic rings. The van der Waals surface area contributed by atoms with Crippen molar-refractivity contribution in [2.24, 2.45) is 0 Å². The fraction of sp³-hybridized carbons (Fsp3) is 0.227. The Balaban J connectivity index is 1.68. The highest BCUT2D eigenvalue weighted by Crippen LogP contribution is 2.33. The number of hydrogen-bond acceptors (Lipinski definition) is 5. The van der Waals surface area contributed by atoms with Gasteiger partial charge in [0.1, 0.15) is 0 Å². The summed E-state index contributed by atoms with van der Waals surface area (Å²) in [6, 6.07) is 11.6. The first-order chi connectivity index (χ1) is 14.7. The Labute approximate surface area is 176 Å². The van der Waals surface area contributed by atoms with Crippen LogP contribution in [0.1, 0.15) is 25.5 Å². The van der Waals surface area contributed by atoms with Crippen LogP contribution in [0.2, 0.25) is 0 Å². The fourth-order valence-corrected chi connectivity index (χ4v) is 3.25. The van der Waals surface area contributed by atoms with E-state index in [0.717, 1.165) is 16.6 Å². The molecule has 2 N–H and O–H groups in total. The second-order valence-electron chi connectivity index (χ2n) is 7.46. The molecule has 6 nitrogen and oxygen atoms in total. The van der Waals surface area contributed by atoms with Gasteiger partial charge in [0.2, 0.25) is 0 Å². The average molecular weight is 427 g/mol. The van der Waals surface area contributed by atoms with Crippen LogP contribution in [0.15, 0.2) is 61.1 Å². The van der Waals surface area contributed by atoms with E-state index in [0.29, 0.717) is 17.1 Å². The number of nitrogens with one attached hydrogen (secondary N) is 1. The van der Waals surface area contributed by atoms with Crippen LogP contribution < -0.4 is 5.32 Å². The summed E-state index contributed by atoms with van der Waals surface area (Å²) < 4.78 is 39.8. The minimum absolute atomic E-state index is 0.233. The molecule has 0 fully saturated rings. The smallest absolute Gasteiger partial charge is 0.383 e. The van der Waals surface area contributed by atoms with Crippen LogP contribution in [0.25, 0.3) is 28.0 Å². The number of rotatable bonds is 5. The lowest BCUT2D eigenvalue weighted by Gasteiger charge is -2.15. The Bertz CT molecular complexity index is 1200. The topological polar surface area (TPSA) is 75.9 Å². The third-order valence-electron chi connectivity index (χ3n) is 4.70. The van der Waals surface area contributed by atoms with Crippen molar-refractivity contribution in [1.82, 2.24) is 19.7 Å². The van der Waals surface area contributed by atoms with Crippen molar-refractivity contribution in [3.8, 4) is 17.1 Å². The zero-order valence-electron chi connectivity index (χ0n) is 16.8. The molecule has 1 unspecified atom stereocenters. The van der Waals surface area contributed by atoms with E-state index >= 15 is 0 Å². The van der Waals surface area contributed by atoms with E-state index in [-0.39, 0.29) is 11.6 Å². The molecule has 4 rings (SSSR count). The van der Waals surface area contributed by atoms with E-state index in [1.165, 1.54) is 30.5 Å². The maximum atomic E-state index is 12.7. The van der Waals surface area contributed by atoms with Crippen molar-refractivity contribution in [2.75, 3.05) is 5.32 Å². The maximum absolute atomic E-state index is 12.7. The quantitative estimate of drug-likeness (QED) is 0.474. The van der Waals surface area contributed by atoms with Gasteiger partial charge in [0, 0.05) is 22.7 Å². The number of fused-ring (bicyclic) bond motifs is 1. The summed E-state index contributed by atoms with van der Waals surface area (Å²) in [6.45, 7) is 4.10. The fourth-order valence-electron chi connectivity index (χ4n) is 3.25. The molecule has 0 amide bonds. The zero-order chi connectivity index (χ0) is 22.2. The van der Waals surface area contributed by atoms with E-state index in [1.54, 1.807) is 17.1 Å². The minimum atomic E-state index is -4.72. The number of alkyl halides is 3. The largest absolute Gasteiger partial charge is 0.418 e. The van der Waals surface area contributed by atoms with Gasteiger partial charge < -0.3 is 10.4 Å². The van der Waals surface area contributed by atoms with Gasteiger partial charge in [-0.25, -0.2) is 9.67 Å². The molecule has 0 saturated carbocycles. The predicted octanol–water partition coefficient (Wildman–Crippen LogP) is 4.90. The molecular formula is C22H20F3N5O. The number of aliphatic hydroxyl groups excluding tert-OH is 1. The van der Waals surface area contributed by atoms with Gasteiger partial charge in [0.15, 0.2) is 11.9 Å². The Morgan fingerprint density at radius 2 is 1.74 bits per heavy atom. The Kier molecular flexibility index (Phi) is 5.36. The molecule has 0 bridgehead atoms. The van der Waals surface area contributed by atoms with E-state index in [2.05, 4.69) is 34.2 Å². The molecule has 0 saturated heterocycles. The Morgan fingerprint density at radius 1 is 1.00 bits per heavy atom. The van der Waals surface area contributed by atoms with Gasteiger partial charge in [-0.3, -0.25) is 4.98 Å². The molecule has 0 aliphatic heterocycles. The van der Waals surface area contributed by atoms with Crippen LogP contribution in [-0.2, 0) is 0 Å². The number of aromatic nitrogens is 4. The molecule has 0 aliphatic carbocycles. The molecule has 160 valence electrons. The number of hydrogen-bond donors (Lipinski definition) is 2. The van der Waals surface area contributed by atoms with E-state index in [9.17, 15) is 18.3 Å². The molecule has 0 radical (unpaired) electrons. The molecule has 0 spiro atoms. The lowest BCUT2D eigenvalue weighted by atomic mass is 10.1. The summed E-state index contributed by atoms with van der Waals surface area (Å²) >= 11 is 0. The second-order valence-corrected chi connectivity index (χ2v) is 7.46. The van der Waals surface area contributed by atoms with Gasteiger partial charge in [-0.15, -0.1) is 0 Å².